The molecule has 7 rings (SSSR count). The van der Waals surface area contributed by atoms with Gasteiger partial charge in [0.2, 0.25) is 0 Å². The van der Waals surface area contributed by atoms with Gasteiger partial charge in [-0.15, -0.1) is 0 Å². The second-order valence-electron chi connectivity index (χ2n) is 14.9. The Bertz CT molecular complexity index is 2290. The summed E-state index contributed by atoms with van der Waals surface area (Å²) in [5.41, 5.74) is 6.39. The molecule has 0 amide bonds. The minimum absolute atomic E-state index is 0.203. The Balaban J connectivity index is 1.69. The van der Waals surface area contributed by atoms with Crippen molar-refractivity contribution in [3.05, 3.63) is 185 Å². The maximum absolute atomic E-state index is 11.3. The summed E-state index contributed by atoms with van der Waals surface area (Å²) in [5, 5.41) is 26.3. The summed E-state index contributed by atoms with van der Waals surface area (Å²) in [6, 6.07) is 48.2. The fraction of sp³-hybridized carbons (Fsp3) is 0.176. The Morgan fingerprint density at radius 3 is 0.949 bits per heavy atom. The van der Waals surface area contributed by atoms with Crippen LogP contribution in [0.1, 0.15) is 38.9 Å². The van der Waals surface area contributed by atoms with Crippen molar-refractivity contribution >= 4 is 28.0 Å². The molecule has 2 N–H and O–H groups in total. The number of hydrogen-bond acceptors (Lipinski definition) is 7. The first-order valence-corrected chi connectivity index (χ1v) is 21.7. The van der Waals surface area contributed by atoms with E-state index in [9.17, 15) is 10.2 Å². The molecule has 0 unspecified atom stereocenters. The van der Waals surface area contributed by atoms with Gasteiger partial charge < -0.3 is 0 Å². The molecule has 7 aromatic carbocycles. The predicted octanol–water partition coefficient (Wildman–Crippen LogP) is 9.39. The van der Waals surface area contributed by atoms with Gasteiger partial charge in [0, 0.05) is 0 Å². The number of rotatable bonds is 14. The van der Waals surface area contributed by atoms with E-state index in [-0.39, 0.29) is 11.5 Å². The molecule has 0 saturated heterocycles. The SMILES string of the molecule is COc1ccc(P(Oc2c(Cc3cc(C)ccc3O)cc(C)cc2Cc2cc(C)ccc2O)(c2ccc(OC)cc2)(c2ccc(OC)cc2)c2ccc(OC)cc2)cc1. The Morgan fingerprint density at radius 1 is 0.373 bits per heavy atom. The van der Waals surface area contributed by atoms with Gasteiger partial charge in [0.25, 0.3) is 0 Å². The molecule has 0 bridgehead atoms. The van der Waals surface area contributed by atoms with Gasteiger partial charge in [0.1, 0.15) is 0 Å². The van der Waals surface area contributed by atoms with E-state index in [2.05, 4.69) is 67.6 Å². The Hall–Kier alpha value is -6.43. The summed E-state index contributed by atoms with van der Waals surface area (Å²) in [5.74, 6) is 3.85. The van der Waals surface area contributed by atoms with Gasteiger partial charge in [0.15, 0.2) is 0 Å². The van der Waals surface area contributed by atoms with Crippen LogP contribution in [-0.4, -0.2) is 38.7 Å². The third-order valence-corrected chi connectivity index (χ3v) is 16.8. The number of benzene rings is 7. The molecule has 0 aromatic heterocycles. The molecule has 0 atom stereocenters. The molecule has 0 saturated carbocycles. The number of hydrogen-bond donors (Lipinski definition) is 2. The fourth-order valence-electron chi connectivity index (χ4n) is 8.19. The number of aromatic hydroxyl groups is 2. The summed E-state index contributed by atoms with van der Waals surface area (Å²) in [7, 11) is 6.64. The standard InChI is InChI=1S/C51H51O7P/c1-34-8-26-49(52)37(28-34)32-39-30-36(3)31-40(33-38-29-35(2)9-27-50(38)53)51(39)58-59(45-18-10-41(54-4)11-19-45,46-20-12-42(55-5)13-21-46,47-22-14-43(56-6)15-23-47)48-24-16-44(57-7)17-25-48/h8-31,52-53H,32-33H2,1-7H3. The second-order valence-corrected chi connectivity index (χ2v) is 19.3. The van der Waals surface area contributed by atoms with Gasteiger partial charge in [-0.3, -0.25) is 0 Å². The molecule has 0 aliphatic carbocycles. The zero-order chi connectivity index (χ0) is 41.8. The van der Waals surface area contributed by atoms with Crippen molar-refractivity contribution in [1.82, 2.24) is 0 Å². The van der Waals surface area contributed by atoms with Crippen molar-refractivity contribution < 1.29 is 33.7 Å². The summed E-state index contributed by atoms with van der Waals surface area (Å²) >= 11 is 0. The third kappa shape index (κ3) is 7.55. The number of methoxy groups -OCH3 is 4. The van der Waals surface area contributed by atoms with Crippen LogP contribution in [0.25, 0.3) is 0 Å². The second kappa shape index (κ2) is 16.8. The van der Waals surface area contributed by atoms with Gasteiger partial charge in [-0.25, -0.2) is 0 Å². The maximum atomic E-state index is 11.3. The van der Waals surface area contributed by atoms with Crippen molar-refractivity contribution in [3.63, 3.8) is 0 Å². The van der Waals surface area contributed by atoms with E-state index in [1.54, 1.807) is 40.6 Å². The number of aryl methyl sites for hydroxylation is 3. The Kier molecular flexibility index (Phi) is 11.6. The van der Waals surface area contributed by atoms with Crippen molar-refractivity contribution in [1.29, 1.82) is 0 Å². The third-order valence-electron chi connectivity index (χ3n) is 11.2. The summed E-state index contributed by atoms with van der Waals surface area (Å²) in [4.78, 5) is 0. The molecule has 0 radical (unpaired) electrons. The van der Waals surface area contributed by atoms with Crippen molar-refractivity contribution in [3.8, 4) is 40.2 Å². The molecule has 302 valence electrons. The van der Waals surface area contributed by atoms with Crippen LogP contribution in [0.3, 0.4) is 0 Å². The average Bonchev–Trinajstić information content (AvgIpc) is 3.26. The number of ether oxygens (including phenoxy) is 4. The van der Waals surface area contributed by atoms with Gasteiger partial charge in [-0.1, -0.05) is 0 Å². The van der Waals surface area contributed by atoms with E-state index in [0.717, 1.165) is 60.2 Å². The van der Waals surface area contributed by atoms with Gasteiger partial charge >= 0.3 is 349 Å². The Labute approximate surface area is 347 Å². The molecule has 0 spiro atoms. The zero-order valence-corrected chi connectivity index (χ0v) is 35.5. The van der Waals surface area contributed by atoms with Crippen LogP contribution in [0.15, 0.2) is 146 Å². The van der Waals surface area contributed by atoms with E-state index in [0.29, 0.717) is 41.6 Å². The summed E-state index contributed by atoms with van der Waals surface area (Å²) in [6.45, 7) is 1.62. The summed E-state index contributed by atoms with van der Waals surface area (Å²) in [6.07, 6.45) is 0.751. The van der Waals surface area contributed by atoms with Crippen molar-refractivity contribution in [2.45, 2.75) is 33.6 Å². The van der Waals surface area contributed by atoms with Crippen LogP contribution < -0.4 is 44.7 Å². The van der Waals surface area contributed by atoms with Crippen molar-refractivity contribution in [2.24, 2.45) is 0 Å². The quantitative estimate of drug-likeness (QED) is 0.106. The van der Waals surface area contributed by atoms with Crippen LogP contribution in [0.4, 0.5) is 0 Å². The van der Waals surface area contributed by atoms with E-state index < -0.39 is 6.83 Å². The van der Waals surface area contributed by atoms with E-state index in [4.69, 9.17) is 23.5 Å². The molecule has 0 aliphatic rings. The van der Waals surface area contributed by atoms with Gasteiger partial charge in [0.05, 0.1) is 0 Å². The topological polar surface area (TPSA) is 86.6 Å². The molecule has 0 aliphatic heterocycles. The number of phenols is 2. The monoisotopic (exact) mass is 806 g/mol. The van der Waals surface area contributed by atoms with Gasteiger partial charge in [-0.2, -0.15) is 0 Å². The first kappa shape index (κ1) is 40.8. The summed E-state index contributed by atoms with van der Waals surface area (Å²) < 4.78 is 31.4. The van der Waals surface area contributed by atoms with Crippen LogP contribution in [0, 0.1) is 20.8 Å². The minimum atomic E-state index is -4.50. The molecular formula is C51H51O7P. The van der Waals surface area contributed by atoms with E-state index >= 15 is 0 Å². The first-order valence-electron chi connectivity index (χ1n) is 19.5. The molecule has 8 heteroatoms. The van der Waals surface area contributed by atoms with Crippen LogP contribution in [0.2, 0.25) is 0 Å². The molecule has 59 heavy (non-hydrogen) atoms. The van der Waals surface area contributed by atoms with E-state index in [1.807, 2.05) is 86.6 Å². The molecule has 0 heterocycles. The predicted molar refractivity (Wildman–Crippen MR) is 241 cm³/mol. The van der Waals surface area contributed by atoms with Crippen LogP contribution >= 0.6 is 6.83 Å². The van der Waals surface area contributed by atoms with E-state index in [1.165, 1.54) is 0 Å². The molecular weight excluding hydrogens is 756 g/mol. The number of phenolic OH excluding ortho intramolecular Hbond substituents is 2. The Morgan fingerprint density at radius 2 is 0.661 bits per heavy atom. The van der Waals surface area contributed by atoms with Gasteiger partial charge in [-0.05, 0) is 0 Å². The van der Waals surface area contributed by atoms with Crippen LogP contribution in [-0.2, 0) is 12.8 Å². The van der Waals surface area contributed by atoms with Crippen molar-refractivity contribution in [2.75, 3.05) is 28.4 Å². The fourth-order valence-corrected chi connectivity index (χ4v) is 13.9. The molecule has 0 fully saturated rings. The normalized spacial score (nSPS) is 11.9. The molecule has 7 nitrogen and oxygen atoms in total. The van der Waals surface area contributed by atoms with Crippen LogP contribution in [0.5, 0.6) is 40.2 Å². The zero-order valence-electron chi connectivity index (χ0n) is 34.7. The molecule has 7 aromatic rings. The first-order chi connectivity index (χ1) is 28.5. The average molecular weight is 807 g/mol.